The molecular weight excluding hydrogens is 382 g/mol. The minimum Gasteiger partial charge on any atom is -0.478 e. The summed E-state index contributed by atoms with van der Waals surface area (Å²) in [6.45, 7) is 1.67. The fourth-order valence-electron chi connectivity index (χ4n) is 1.57. The van der Waals surface area contributed by atoms with E-state index < -0.39 is 32.8 Å². The summed E-state index contributed by atoms with van der Waals surface area (Å²) in [5.41, 5.74) is -0.110. The largest absolute Gasteiger partial charge is 0.478 e. The van der Waals surface area contributed by atoms with E-state index >= 15 is 0 Å². The zero-order valence-corrected chi connectivity index (χ0v) is 14.7. The third kappa shape index (κ3) is 5.50. The summed E-state index contributed by atoms with van der Waals surface area (Å²) in [5.74, 6) is -0.812. The van der Waals surface area contributed by atoms with Crippen LogP contribution in [0.25, 0.3) is 0 Å². The van der Waals surface area contributed by atoms with Crippen LogP contribution in [-0.4, -0.2) is 41.8 Å². The van der Waals surface area contributed by atoms with Crippen molar-refractivity contribution in [2.45, 2.75) is 24.3 Å². The minimum atomic E-state index is -3.85. The molecule has 1 rings (SSSR count). The molecule has 0 aliphatic rings. The average molecular weight is 398 g/mol. The first-order chi connectivity index (χ1) is 9.63. The molecule has 0 spiro atoms. The molecule has 6 nitrogen and oxygen atoms in total. The summed E-state index contributed by atoms with van der Waals surface area (Å²) in [4.78, 5) is 10.8. The first-order valence-corrected chi connectivity index (χ1v) is 9.99. The highest BCUT2D eigenvalue weighted by molar-refractivity contribution is 9.10. The third-order valence-electron chi connectivity index (χ3n) is 2.66. The fraction of sp³-hybridized carbons (Fsp3) is 0.417. The zero-order chi connectivity index (χ0) is 16.2. The first kappa shape index (κ1) is 18.3. The molecular formula is C12H16BrNO5S2. The Morgan fingerprint density at radius 1 is 1.48 bits per heavy atom. The predicted octanol–water partition coefficient (Wildman–Crippen LogP) is 1.58. The van der Waals surface area contributed by atoms with Gasteiger partial charge in [-0.2, -0.15) is 0 Å². The van der Waals surface area contributed by atoms with Crippen LogP contribution in [0.15, 0.2) is 27.6 Å². The van der Waals surface area contributed by atoms with E-state index in [0.29, 0.717) is 12.2 Å². The number of carbonyl (C=O) groups is 1. The van der Waals surface area contributed by atoms with Gasteiger partial charge in [-0.3, -0.25) is 4.21 Å². The molecule has 0 heterocycles. The number of hydrogen-bond acceptors (Lipinski definition) is 4. The number of rotatable bonds is 7. The lowest BCUT2D eigenvalue weighted by molar-refractivity contribution is 0.0696. The van der Waals surface area contributed by atoms with E-state index in [2.05, 4.69) is 20.7 Å². The normalized spacial score (nSPS) is 14.6. The number of carboxylic acid groups (broad SMARTS) is 1. The van der Waals surface area contributed by atoms with Crippen LogP contribution < -0.4 is 4.72 Å². The smallest absolute Gasteiger partial charge is 0.335 e. The van der Waals surface area contributed by atoms with Crippen molar-refractivity contribution in [3.63, 3.8) is 0 Å². The van der Waals surface area contributed by atoms with E-state index in [1.54, 1.807) is 13.2 Å². The molecule has 21 heavy (non-hydrogen) atoms. The second-order valence-corrected chi connectivity index (χ2v) is 8.63. The van der Waals surface area contributed by atoms with Crippen LogP contribution in [0.2, 0.25) is 0 Å². The van der Waals surface area contributed by atoms with Gasteiger partial charge in [-0.05, 0) is 47.5 Å². The Morgan fingerprint density at radius 2 is 2.10 bits per heavy atom. The van der Waals surface area contributed by atoms with Gasteiger partial charge >= 0.3 is 5.97 Å². The molecule has 2 N–H and O–H groups in total. The molecule has 1 aromatic rings. The summed E-state index contributed by atoms with van der Waals surface area (Å²) >= 11 is 3.11. The van der Waals surface area contributed by atoms with Gasteiger partial charge in [-0.25, -0.2) is 17.9 Å². The van der Waals surface area contributed by atoms with Crippen molar-refractivity contribution in [1.29, 1.82) is 0 Å². The first-order valence-electron chi connectivity index (χ1n) is 5.98. The van der Waals surface area contributed by atoms with Crippen LogP contribution in [0.4, 0.5) is 0 Å². The van der Waals surface area contributed by atoms with Crippen molar-refractivity contribution < 1.29 is 22.5 Å². The molecule has 9 heteroatoms. The topological polar surface area (TPSA) is 101 Å². The molecule has 0 aromatic heterocycles. The quantitative estimate of drug-likeness (QED) is 0.727. The van der Waals surface area contributed by atoms with Gasteiger partial charge in [0.25, 0.3) is 0 Å². The van der Waals surface area contributed by atoms with Crippen LogP contribution in [0.1, 0.15) is 23.7 Å². The van der Waals surface area contributed by atoms with Crippen molar-refractivity contribution >= 4 is 42.7 Å². The number of benzene rings is 1. The maximum absolute atomic E-state index is 12.3. The van der Waals surface area contributed by atoms with Gasteiger partial charge < -0.3 is 5.11 Å². The Kier molecular flexibility index (Phi) is 6.51. The lowest BCUT2D eigenvalue weighted by Crippen LogP contribution is -2.33. The van der Waals surface area contributed by atoms with Gasteiger partial charge in [0.05, 0.1) is 10.5 Å². The van der Waals surface area contributed by atoms with Crippen molar-refractivity contribution in [2.75, 3.05) is 12.0 Å². The molecule has 0 radical (unpaired) electrons. The number of sulfonamides is 1. The van der Waals surface area contributed by atoms with Crippen molar-refractivity contribution in [1.82, 2.24) is 4.72 Å². The molecule has 118 valence electrons. The van der Waals surface area contributed by atoms with Gasteiger partial charge in [0.1, 0.15) is 0 Å². The lowest BCUT2D eigenvalue weighted by atomic mass is 10.2. The molecule has 0 fully saturated rings. The lowest BCUT2D eigenvalue weighted by Gasteiger charge is -2.15. The average Bonchev–Trinajstić information content (AvgIpc) is 2.35. The monoisotopic (exact) mass is 397 g/mol. The van der Waals surface area contributed by atoms with Crippen molar-refractivity contribution in [3.05, 3.63) is 28.2 Å². The van der Waals surface area contributed by atoms with Gasteiger partial charge in [0.15, 0.2) is 0 Å². The van der Waals surface area contributed by atoms with Gasteiger partial charge in [0, 0.05) is 33.3 Å². The molecule has 0 aliphatic heterocycles. The summed E-state index contributed by atoms with van der Waals surface area (Å²) in [6, 6.07) is 3.39. The molecule has 2 atom stereocenters. The molecule has 1 aromatic carbocycles. The van der Waals surface area contributed by atoms with Crippen LogP contribution in [0, 0.1) is 0 Å². The van der Waals surface area contributed by atoms with E-state index in [4.69, 9.17) is 5.11 Å². The summed E-state index contributed by atoms with van der Waals surface area (Å²) in [7, 11) is -4.85. The van der Waals surface area contributed by atoms with Crippen LogP contribution in [0.5, 0.6) is 0 Å². The molecule has 2 unspecified atom stereocenters. The van der Waals surface area contributed by atoms with Crippen LogP contribution >= 0.6 is 15.9 Å². The van der Waals surface area contributed by atoms with E-state index in [9.17, 15) is 17.4 Å². The standard InChI is InChI=1S/C12H16BrNO5S2/c1-8(5-6-20(2)17)14-21(18,19)11-7-9(12(15)16)3-4-10(11)13/h3-4,7-8,14H,5-6H2,1-2H3,(H,15,16). The Hall–Kier alpha value is -0.770. The maximum Gasteiger partial charge on any atom is 0.335 e. The van der Waals surface area contributed by atoms with E-state index in [0.717, 1.165) is 6.07 Å². The van der Waals surface area contributed by atoms with E-state index in [-0.39, 0.29) is 14.9 Å². The predicted molar refractivity (Wildman–Crippen MR) is 84.4 cm³/mol. The highest BCUT2D eigenvalue weighted by Crippen LogP contribution is 2.23. The molecule has 0 bridgehead atoms. The number of aromatic carboxylic acids is 1. The molecule has 0 saturated heterocycles. The maximum atomic E-state index is 12.3. The Morgan fingerprint density at radius 3 is 2.62 bits per heavy atom. The zero-order valence-electron chi connectivity index (χ0n) is 11.5. The molecule has 0 aliphatic carbocycles. The molecule has 0 amide bonds. The highest BCUT2D eigenvalue weighted by Gasteiger charge is 2.22. The van der Waals surface area contributed by atoms with Gasteiger partial charge in [-0.1, -0.05) is 0 Å². The fourth-order valence-corrected chi connectivity index (χ4v) is 4.53. The third-order valence-corrected chi connectivity index (χ3v) is 6.06. The summed E-state index contributed by atoms with van der Waals surface area (Å²) < 4.78 is 38.3. The Labute approximate surface area is 134 Å². The SMILES string of the molecule is CC(CCS(C)=O)NS(=O)(=O)c1cc(C(=O)O)ccc1Br. The Balaban J connectivity index is 2.99. The van der Waals surface area contributed by atoms with Gasteiger partial charge in [-0.15, -0.1) is 0 Å². The number of hydrogen-bond donors (Lipinski definition) is 2. The number of carboxylic acids is 1. The van der Waals surface area contributed by atoms with Crippen molar-refractivity contribution in [3.8, 4) is 0 Å². The highest BCUT2D eigenvalue weighted by atomic mass is 79.9. The summed E-state index contributed by atoms with van der Waals surface area (Å²) in [6.07, 6.45) is 1.98. The number of halogens is 1. The van der Waals surface area contributed by atoms with Crippen molar-refractivity contribution in [2.24, 2.45) is 0 Å². The number of nitrogens with one attached hydrogen (secondary N) is 1. The second-order valence-electron chi connectivity index (χ2n) is 4.54. The van der Waals surface area contributed by atoms with Crippen LogP contribution in [-0.2, 0) is 20.8 Å². The minimum absolute atomic E-state index is 0.110. The van der Waals surface area contributed by atoms with E-state index in [1.807, 2.05) is 0 Å². The Bertz CT molecular complexity index is 660. The second kappa shape index (κ2) is 7.48. The van der Waals surface area contributed by atoms with E-state index in [1.165, 1.54) is 12.1 Å². The summed E-state index contributed by atoms with van der Waals surface area (Å²) in [5, 5.41) is 8.93. The van der Waals surface area contributed by atoms with Crippen LogP contribution in [0.3, 0.4) is 0 Å². The molecule has 0 saturated carbocycles. The van der Waals surface area contributed by atoms with Gasteiger partial charge in [0.2, 0.25) is 10.0 Å².